The van der Waals surface area contributed by atoms with Crippen molar-refractivity contribution >= 4 is 17.2 Å². The number of nitrogens with zero attached hydrogens (tertiary/aromatic N) is 2. The SMILES string of the molecule is Cc1cccn2c([C@@H](C)Cl)cnc12. The van der Waals surface area contributed by atoms with Gasteiger partial charge in [-0.2, -0.15) is 0 Å². The maximum atomic E-state index is 6.01. The molecular formula is C10H11ClN2. The van der Waals surface area contributed by atoms with E-state index < -0.39 is 0 Å². The number of aryl methyl sites for hydroxylation is 1. The number of aromatic nitrogens is 2. The highest BCUT2D eigenvalue weighted by Crippen LogP contribution is 2.21. The number of fused-ring (bicyclic) bond motifs is 1. The number of imidazole rings is 1. The van der Waals surface area contributed by atoms with Crippen LogP contribution in [0.15, 0.2) is 24.5 Å². The fourth-order valence-corrected chi connectivity index (χ4v) is 1.63. The number of alkyl halides is 1. The lowest BCUT2D eigenvalue weighted by atomic mass is 10.3. The number of rotatable bonds is 1. The summed E-state index contributed by atoms with van der Waals surface area (Å²) in [5.74, 6) is 0. The van der Waals surface area contributed by atoms with Gasteiger partial charge in [-0.1, -0.05) is 6.07 Å². The molecule has 3 heteroatoms. The zero-order valence-corrected chi connectivity index (χ0v) is 8.42. The number of hydrogen-bond donors (Lipinski definition) is 0. The van der Waals surface area contributed by atoms with Crippen molar-refractivity contribution in [1.29, 1.82) is 0 Å². The van der Waals surface area contributed by atoms with Crippen LogP contribution >= 0.6 is 11.6 Å². The van der Waals surface area contributed by atoms with Crippen LogP contribution in [0.1, 0.15) is 23.6 Å². The lowest BCUT2D eigenvalue weighted by Gasteiger charge is -2.03. The lowest BCUT2D eigenvalue weighted by molar-refractivity contribution is 0.960. The van der Waals surface area contributed by atoms with Crippen LogP contribution in [0.25, 0.3) is 5.65 Å². The molecule has 2 heterocycles. The van der Waals surface area contributed by atoms with Crippen LogP contribution in [0.3, 0.4) is 0 Å². The minimum Gasteiger partial charge on any atom is -0.302 e. The molecule has 2 aromatic heterocycles. The molecule has 0 radical (unpaired) electrons. The van der Waals surface area contributed by atoms with E-state index in [4.69, 9.17) is 11.6 Å². The van der Waals surface area contributed by atoms with Crippen LogP contribution in [0, 0.1) is 6.92 Å². The van der Waals surface area contributed by atoms with Crippen molar-refractivity contribution in [3.05, 3.63) is 35.8 Å². The summed E-state index contributed by atoms with van der Waals surface area (Å²) in [6.45, 7) is 4.00. The van der Waals surface area contributed by atoms with Crippen molar-refractivity contribution in [2.75, 3.05) is 0 Å². The highest BCUT2D eigenvalue weighted by molar-refractivity contribution is 6.20. The van der Waals surface area contributed by atoms with Gasteiger partial charge in [0.05, 0.1) is 17.3 Å². The van der Waals surface area contributed by atoms with E-state index in [0.717, 1.165) is 11.3 Å². The summed E-state index contributed by atoms with van der Waals surface area (Å²) < 4.78 is 2.03. The van der Waals surface area contributed by atoms with Crippen LogP contribution in [0.4, 0.5) is 0 Å². The summed E-state index contributed by atoms with van der Waals surface area (Å²) in [6, 6.07) is 4.05. The van der Waals surface area contributed by atoms with E-state index in [9.17, 15) is 0 Å². The van der Waals surface area contributed by atoms with Gasteiger partial charge in [0.1, 0.15) is 5.65 Å². The summed E-state index contributed by atoms with van der Waals surface area (Å²) >= 11 is 6.01. The van der Waals surface area contributed by atoms with E-state index >= 15 is 0 Å². The first-order valence-electron chi connectivity index (χ1n) is 4.27. The van der Waals surface area contributed by atoms with Crippen LogP contribution < -0.4 is 0 Å². The number of halogens is 1. The Labute approximate surface area is 82.2 Å². The average molecular weight is 195 g/mol. The molecule has 0 unspecified atom stereocenters. The fraction of sp³-hybridized carbons (Fsp3) is 0.300. The Hall–Kier alpha value is -1.02. The van der Waals surface area contributed by atoms with Gasteiger partial charge in [0, 0.05) is 6.20 Å². The minimum atomic E-state index is -0.00296. The largest absolute Gasteiger partial charge is 0.302 e. The molecule has 68 valence electrons. The van der Waals surface area contributed by atoms with Crippen LogP contribution in [0.2, 0.25) is 0 Å². The molecule has 0 saturated carbocycles. The molecule has 0 saturated heterocycles. The first-order chi connectivity index (χ1) is 6.20. The van der Waals surface area contributed by atoms with Crippen molar-refractivity contribution in [1.82, 2.24) is 9.38 Å². The van der Waals surface area contributed by atoms with Gasteiger partial charge in [-0.25, -0.2) is 4.98 Å². The van der Waals surface area contributed by atoms with Gasteiger partial charge in [0.25, 0.3) is 0 Å². The summed E-state index contributed by atoms with van der Waals surface area (Å²) in [7, 11) is 0. The Balaban J connectivity index is 2.75. The maximum Gasteiger partial charge on any atom is 0.139 e. The summed E-state index contributed by atoms with van der Waals surface area (Å²) in [4.78, 5) is 4.32. The summed E-state index contributed by atoms with van der Waals surface area (Å²) in [5, 5.41) is -0.00296. The van der Waals surface area contributed by atoms with Crippen LogP contribution in [-0.2, 0) is 0 Å². The van der Waals surface area contributed by atoms with Gasteiger partial charge in [0.15, 0.2) is 0 Å². The standard InChI is InChI=1S/C10H11ClN2/c1-7-4-3-5-13-9(8(2)11)6-12-10(7)13/h3-6,8H,1-2H3/t8-/m1/s1. The second kappa shape index (κ2) is 3.04. The second-order valence-electron chi connectivity index (χ2n) is 3.18. The topological polar surface area (TPSA) is 17.3 Å². The molecule has 13 heavy (non-hydrogen) atoms. The molecule has 0 aromatic carbocycles. The Morgan fingerprint density at radius 1 is 1.54 bits per heavy atom. The van der Waals surface area contributed by atoms with Crippen molar-refractivity contribution < 1.29 is 0 Å². The first kappa shape index (κ1) is 8.57. The third-order valence-electron chi connectivity index (χ3n) is 2.17. The van der Waals surface area contributed by atoms with Gasteiger partial charge in [0.2, 0.25) is 0 Å². The molecule has 2 aromatic rings. The first-order valence-corrected chi connectivity index (χ1v) is 4.70. The van der Waals surface area contributed by atoms with Crippen LogP contribution in [-0.4, -0.2) is 9.38 Å². The molecular weight excluding hydrogens is 184 g/mol. The third kappa shape index (κ3) is 1.31. The van der Waals surface area contributed by atoms with E-state index in [0.29, 0.717) is 0 Å². The van der Waals surface area contributed by atoms with E-state index in [2.05, 4.69) is 4.98 Å². The predicted octanol–water partition coefficient (Wildman–Crippen LogP) is 2.94. The smallest absolute Gasteiger partial charge is 0.139 e. The van der Waals surface area contributed by atoms with Gasteiger partial charge in [-0.05, 0) is 25.5 Å². The van der Waals surface area contributed by atoms with Gasteiger partial charge in [-0.15, -0.1) is 11.6 Å². The van der Waals surface area contributed by atoms with Gasteiger partial charge >= 0.3 is 0 Å². The molecule has 2 rings (SSSR count). The van der Waals surface area contributed by atoms with Crippen molar-refractivity contribution in [2.24, 2.45) is 0 Å². The summed E-state index contributed by atoms with van der Waals surface area (Å²) in [6.07, 6.45) is 3.82. The Kier molecular flexibility index (Phi) is 2.00. The van der Waals surface area contributed by atoms with E-state index in [1.54, 1.807) is 0 Å². The molecule has 0 amide bonds. The molecule has 0 aliphatic carbocycles. The van der Waals surface area contributed by atoms with Crippen molar-refractivity contribution in [3.8, 4) is 0 Å². The van der Waals surface area contributed by atoms with Crippen molar-refractivity contribution in [2.45, 2.75) is 19.2 Å². The van der Waals surface area contributed by atoms with Gasteiger partial charge in [-0.3, -0.25) is 0 Å². The lowest BCUT2D eigenvalue weighted by Crippen LogP contribution is -1.93. The van der Waals surface area contributed by atoms with E-state index in [1.807, 2.05) is 42.8 Å². The second-order valence-corrected chi connectivity index (χ2v) is 3.84. The molecule has 0 spiro atoms. The predicted molar refractivity (Wildman–Crippen MR) is 54.2 cm³/mol. The highest BCUT2D eigenvalue weighted by atomic mass is 35.5. The molecule has 0 fully saturated rings. The molecule has 0 bridgehead atoms. The van der Waals surface area contributed by atoms with Crippen LogP contribution in [0.5, 0.6) is 0 Å². The fourth-order valence-electron chi connectivity index (χ4n) is 1.46. The van der Waals surface area contributed by atoms with E-state index in [-0.39, 0.29) is 5.38 Å². The average Bonchev–Trinajstić information content (AvgIpc) is 2.48. The Bertz CT molecular complexity index is 431. The zero-order valence-electron chi connectivity index (χ0n) is 7.66. The molecule has 0 aliphatic heterocycles. The maximum absolute atomic E-state index is 6.01. The molecule has 0 N–H and O–H groups in total. The highest BCUT2D eigenvalue weighted by Gasteiger charge is 2.08. The number of hydrogen-bond acceptors (Lipinski definition) is 1. The number of pyridine rings is 1. The molecule has 2 nitrogen and oxygen atoms in total. The van der Waals surface area contributed by atoms with Crippen molar-refractivity contribution in [3.63, 3.8) is 0 Å². The molecule has 1 atom stereocenters. The van der Waals surface area contributed by atoms with E-state index in [1.165, 1.54) is 5.56 Å². The third-order valence-corrected chi connectivity index (χ3v) is 2.39. The normalized spacial score (nSPS) is 13.5. The Morgan fingerprint density at radius 2 is 2.31 bits per heavy atom. The zero-order chi connectivity index (χ0) is 9.42. The quantitative estimate of drug-likeness (QED) is 0.638. The Morgan fingerprint density at radius 3 is 3.00 bits per heavy atom. The molecule has 0 aliphatic rings. The van der Waals surface area contributed by atoms with Gasteiger partial charge < -0.3 is 4.40 Å². The summed E-state index contributed by atoms with van der Waals surface area (Å²) in [5.41, 5.74) is 3.21. The minimum absolute atomic E-state index is 0.00296. The monoisotopic (exact) mass is 194 g/mol.